The maximum absolute atomic E-state index is 9.84. The van der Waals surface area contributed by atoms with Crippen molar-refractivity contribution >= 4 is 5.71 Å². The smallest absolute Gasteiger partial charge is 0.125 e. The van der Waals surface area contributed by atoms with Crippen LogP contribution in [0.15, 0.2) is 17.3 Å². The molecule has 15 heavy (non-hydrogen) atoms. The van der Waals surface area contributed by atoms with E-state index in [1.807, 2.05) is 6.07 Å². The first-order chi connectivity index (χ1) is 7.24. The Labute approximate surface area is 89.4 Å². The van der Waals surface area contributed by atoms with Gasteiger partial charge in [-0.2, -0.15) is 0 Å². The summed E-state index contributed by atoms with van der Waals surface area (Å²) >= 11 is 0. The molecule has 0 atom stereocenters. The Morgan fingerprint density at radius 1 is 1.33 bits per heavy atom. The summed E-state index contributed by atoms with van der Waals surface area (Å²) in [5.74, 6) is 0.311. The van der Waals surface area contributed by atoms with E-state index >= 15 is 0 Å². The molecule has 0 fully saturated rings. The van der Waals surface area contributed by atoms with Crippen LogP contribution in [-0.2, 0) is 11.3 Å². The molecule has 3 heteroatoms. The quantitative estimate of drug-likeness (QED) is 0.715. The molecule has 0 saturated heterocycles. The Bertz CT molecular complexity index is 410. The Kier molecular flexibility index (Phi) is 2.62. The van der Waals surface area contributed by atoms with Crippen molar-refractivity contribution in [3.63, 3.8) is 0 Å². The van der Waals surface area contributed by atoms with Crippen molar-refractivity contribution in [2.45, 2.75) is 26.2 Å². The standard InChI is InChI=1S/C12H15NO2/c1-8-6-7-11(14)12-9(8)4-3-5-10(12)13-15-2/h6-7,14H,3-5H2,1-2H3/b13-10+. The lowest BCUT2D eigenvalue weighted by Crippen LogP contribution is -2.13. The number of oxime groups is 1. The lowest BCUT2D eigenvalue weighted by Gasteiger charge is -2.20. The Morgan fingerprint density at radius 2 is 2.13 bits per heavy atom. The molecule has 3 nitrogen and oxygen atoms in total. The molecule has 0 aromatic heterocycles. The van der Waals surface area contributed by atoms with E-state index in [1.54, 1.807) is 6.07 Å². The third-order valence-electron chi connectivity index (χ3n) is 2.86. The average molecular weight is 205 g/mol. The summed E-state index contributed by atoms with van der Waals surface area (Å²) in [5, 5.41) is 13.8. The number of aryl methyl sites for hydroxylation is 1. The van der Waals surface area contributed by atoms with Crippen LogP contribution in [0.5, 0.6) is 5.75 Å². The number of phenolic OH excluding ortho intramolecular Hbond substituents is 1. The lowest BCUT2D eigenvalue weighted by atomic mass is 9.86. The Balaban J connectivity index is 2.60. The first-order valence-electron chi connectivity index (χ1n) is 5.16. The Hall–Kier alpha value is -1.51. The number of benzene rings is 1. The van der Waals surface area contributed by atoms with Crippen molar-refractivity contribution in [1.29, 1.82) is 0 Å². The van der Waals surface area contributed by atoms with Gasteiger partial charge in [0.2, 0.25) is 0 Å². The predicted octanol–water partition coefficient (Wildman–Crippen LogP) is 2.39. The number of phenols is 1. The second kappa shape index (κ2) is 3.93. The first-order valence-corrected chi connectivity index (χ1v) is 5.16. The van der Waals surface area contributed by atoms with Crippen molar-refractivity contribution in [2.75, 3.05) is 7.11 Å². The van der Waals surface area contributed by atoms with E-state index in [4.69, 9.17) is 4.84 Å². The molecule has 0 heterocycles. The maximum Gasteiger partial charge on any atom is 0.125 e. The molecule has 1 aliphatic rings. The van der Waals surface area contributed by atoms with Gasteiger partial charge in [-0.25, -0.2) is 0 Å². The number of hydrogen-bond acceptors (Lipinski definition) is 3. The molecular formula is C12H15NO2. The summed E-state index contributed by atoms with van der Waals surface area (Å²) in [6.45, 7) is 2.06. The van der Waals surface area contributed by atoms with Gasteiger partial charge in [0, 0.05) is 5.56 Å². The number of nitrogens with zero attached hydrogens (tertiary/aromatic N) is 1. The number of fused-ring (bicyclic) bond motifs is 1. The van der Waals surface area contributed by atoms with E-state index in [1.165, 1.54) is 18.2 Å². The number of rotatable bonds is 1. The highest BCUT2D eigenvalue weighted by molar-refractivity contribution is 6.04. The fourth-order valence-corrected chi connectivity index (χ4v) is 2.14. The van der Waals surface area contributed by atoms with Crippen molar-refractivity contribution < 1.29 is 9.94 Å². The van der Waals surface area contributed by atoms with Crippen molar-refractivity contribution in [2.24, 2.45) is 5.16 Å². The minimum Gasteiger partial charge on any atom is -0.507 e. The zero-order valence-electron chi connectivity index (χ0n) is 9.08. The van der Waals surface area contributed by atoms with Gasteiger partial charge in [-0.05, 0) is 43.4 Å². The lowest BCUT2D eigenvalue weighted by molar-refractivity contribution is 0.212. The molecule has 1 aliphatic carbocycles. The molecule has 1 N–H and O–H groups in total. The van der Waals surface area contributed by atoms with Crippen LogP contribution >= 0.6 is 0 Å². The topological polar surface area (TPSA) is 41.8 Å². The fourth-order valence-electron chi connectivity index (χ4n) is 2.14. The van der Waals surface area contributed by atoms with E-state index in [-0.39, 0.29) is 0 Å². The van der Waals surface area contributed by atoms with Crippen LogP contribution in [0.2, 0.25) is 0 Å². The van der Waals surface area contributed by atoms with Crippen LogP contribution in [0.1, 0.15) is 29.5 Å². The van der Waals surface area contributed by atoms with E-state index in [0.717, 1.165) is 30.5 Å². The highest BCUT2D eigenvalue weighted by Gasteiger charge is 2.21. The van der Waals surface area contributed by atoms with Gasteiger partial charge >= 0.3 is 0 Å². The van der Waals surface area contributed by atoms with Gasteiger partial charge in [-0.15, -0.1) is 0 Å². The summed E-state index contributed by atoms with van der Waals surface area (Å²) in [4.78, 5) is 4.81. The minimum absolute atomic E-state index is 0.311. The summed E-state index contributed by atoms with van der Waals surface area (Å²) in [5.41, 5.74) is 4.16. The van der Waals surface area contributed by atoms with Crippen LogP contribution in [0, 0.1) is 6.92 Å². The summed E-state index contributed by atoms with van der Waals surface area (Å²) in [6, 6.07) is 3.68. The fraction of sp³-hybridized carbons (Fsp3) is 0.417. The van der Waals surface area contributed by atoms with E-state index in [2.05, 4.69) is 12.1 Å². The summed E-state index contributed by atoms with van der Waals surface area (Å²) < 4.78 is 0. The molecule has 2 rings (SSSR count). The van der Waals surface area contributed by atoms with Gasteiger partial charge in [0.05, 0.1) is 5.71 Å². The highest BCUT2D eigenvalue weighted by Crippen LogP contribution is 2.31. The Morgan fingerprint density at radius 3 is 2.87 bits per heavy atom. The largest absolute Gasteiger partial charge is 0.507 e. The molecule has 1 aromatic carbocycles. The molecule has 0 saturated carbocycles. The average Bonchev–Trinajstić information content (AvgIpc) is 2.24. The van der Waals surface area contributed by atoms with Gasteiger partial charge in [-0.1, -0.05) is 11.2 Å². The van der Waals surface area contributed by atoms with E-state index < -0.39 is 0 Å². The maximum atomic E-state index is 9.84. The van der Waals surface area contributed by atoms with Crippen LogP contribution in [0.4, 0.5) is 0 Å². The highest BCUT2D eigenvalue weighted by atomic mass is 16.6. The number of hydrogen-bond donors (Lipinski definition) is 1. The van der Waals surface area contributed by atoms with Crippen LogP contribution in [-0.4, -0.2) is 17.9 Å². The van der Waals surface area contributed by atoms with E-state index in [0.29, 0.717) is 5.75 Å². The second-order valence-corrected chi connectivity index (χ2v) is 3.83. The summed E-state index contributed by atoms with van der Waals surface area (Å²) in [7, 11) is 1.54. The van der Waals surface area contributed by atoms with Crippen LogP contribution in [0.3, 0.4) is 0 Å². The van der Waals surface area contributed by atoms with Crippen LogP contribution in [0.25, 0.3) is 0 Å². The van der Waals surface area contributed by atoms with Gasteiger partial charge in [-0.3, -0.25) is 0 Å². The van der Waals surface area contributed by atoms with Gasteiger partial charge in [0.25, 0.3) is 0 Å². The molecule has 1 aromatic rings. The number of aromatic hydroxyl groups is 1. The van der Waals surface area contributed by atoms with Gasteiger partial charge in [0.15, 0.2) is 0 Å². The molecule has 0 radical (unpaired) electrons. The normalized spacial score (nSPS) is 17.6. The minimum atomic E-state index is 0.311. The van der Waals surface area contributed by atoms with Crippen molar-refractivity contribution in [3.05, 3.63) is 28.8 Å². The predicted molar refractivity (Wildman–Crippen MR) is 59.3 cm³/mol. The van der Waals surface area contributed by atoms with E-state index in [9.17, 15) is 5.11 Å². The first kappa shape index (κ1) is 10.0. The van der Waals surface area contributed by atoms with Gasteiger partial charge < -0.3 is 9.94 Å². The molecule has 0 aliphatic heterocycles. The SMILES string of the molecule is CO/N=C1\CCCc2c(C)ccc(O)c21. The van der Waals surface area contributed by atoms with Crippen LogP contribution < -0.4 is 0 Å². The molecule has 0 amide bonds. The third kappa shape index (κ3) is 1.69. The third-order valence-corrected chi connectivity index (χ3v) is 2.86. The molecule has 0 spiro atoms. The zero-order valence-corrected chi connectivity index (χ0v) is 9.08. The molecule has 80 valence electrons. The molecule has 0 unspecified atom stereocenters. The van der Waals surface area contributed by atoms with Gasteiger partial charge in [0.1, 0.15) is 12.9 Å². The molecular weight excluding hydrogens is 190 g/mol. The zero-order chi connectivity index (χ0) is 10.8. The summed E-state index contributed by atoms with van der Waals surface area (Å²) in [6.07, 6.45) is 2.95. The second-order valence-electron chi connectivity index (χ2n) is 3.83. The van der Waals surface area contributed by atoms with Crippen molar-refractivity contribution in [1.82, 2.24) is 0 Å². The molecule has 0 bridgehead atoms. The monoisotopic (exact) mass is 205 g/mol. The van der Waals surface area contributed by atoms with Crippen molar-refractivity contribution in [3.8, 4) is 5.75 Å².